The SMILES string of the molecule is CC(=O)N(CCNC(=O)c1ccc2c(c1)OCO2)c1ccc(Cl)cc1. The van der Waals surface area contributed by atoms with Crippen molar-refractivity contribution in [3.8, 4) is 11.5 Å². The van der Waals surface area contributed by atoms with E-state index < -0.39 is 0 Å². The molecule has 0 unspecified atom stereocenters. The Balaban J connectivity index is 1.59. The average molecular weight is 361 g/mol. The molecule has 130 valence electrons. The molecule has 1 aliphatic heterocycles. The number of amides is 2. The van der Waals surface area contributed by atoms with Crippen LogP contribution in [-0.2, 0) is 4.79 Å². The summed E-state index contributed by atoms with van der Waals surface area (Å²) in [7, 11) is 0. The number of hydrogen-bond donors (Lipinski definition) is 1. The fourth-order valence-corrected chi connectivity index (χ4v) is 2.64. The Morgan fingerprint density at radius 3 is 2.56 bits per heavy atom. The average Bonchev–Trinajstić information content (AvgIpc) is 3.07. The molecule has 0 bridgehead atoms. The van der Waals surface area contributed by atoms with E-state index in [4.69, 9.17) is 21.1 Å². The molecule has 0 fully saturated rings. The zero-order valence-electron chi connectivity index (χ0n) is 13.6. The third kappa shape index (κ3) is 4.03. The van der Waals surface area contributed by atoms with Crippen LogP contribution in [0.3, 0.4) is 0 Å². The zero-order valence-corrected chi connectivity index (χ0v) is 14.4. The van der Waals surface area contributed by atoms with Crippen LogP contribution < -0.4 is 19.7 Å². The van der Waals surface area contributed by atoms with Crippen molar-refractivity contribution < 1.29 is 19.1 Å². The fourth-order valence-electron chi connectivity index (χ4n) is 2.51. The van der Waals surface area contributed by atoms with E-state index in [1.165, 1.54) is 6.92 Å². The topological polar surface area (TPSA) is 67.9 Å². The molecule has 0 aromatic heterocycles. The van der Waals surface area contributed by atoms with Crippen molar-refractivity contribution in [2.45, 2.75) is 6.92 Å². The van der Waals surface area contributed by atoms with E-state index >= 15 is 0 Å². The Hall–Kier alpha value is -2.73. The molecule has 6 nitrogen and oxygen atoms in total. The van der Waals surface area contributed by atoms with Crippen LogP contribution in [0.4, 0.5) is 5.69 Å². The Kier molecular flexibility index (Phi) is 5.09. The Bertz CT molecular complexity index is 792. The van der Waals surface area contributed by atoms with Gasteiger partial charge in [0.2, 0.25) is 12.7 Å². The van der Waals surface area contributed by atoms with E-state index in [0.29, 0.717) is 35.2 Å². The maximum atomic E-state index is 12.2. The first-order valence-electron chi connectivity index (χ1n) is 7.76. The number of nitrogens with one attached hydrogen (secondary N) is 1. The minimum Gasteiger partial charge on any atom is -0.454 e. The molecule has 1 heterocycles. The lowest BCUT2D eigenvalue weighted by molar-refractivity contribution is -0.116. The molecule has 1 aliphatic rings. The van der Waals surface area contributed by atoms with Gasteiger partial charge in [0, 0.05) is 36.3 Å². The number of nitrogens with zero attached hydrogens (tertiary/aromatic N) is 1. The first-order valence-corrected chi connectivity index (χ1v) is 8.14. The van der Waals surface area contributed by atoms with Crippen LogP contribution in [0, 0.1) is 0 Å². The van der Waals surface area contributed by atoms with E-state index in [-0.39, 0.29) is 18.6 Å². The number of carbonyl (C=O) groups excluding carboxylic acids is 2. The Labute approximate surface area is 150 Å². The molecule has 0 radical (unpaired) electrons. The second-order valence-electron chi connectivity index (χ2n) is 5.47. The van der Waals surface area contributed by atoms with Crippen LogP contribution in [0.5, 0.6) is 11.5 Å². The Morgan fingerprint density at radius 2 is 1.84 bits per heavy atom. The van der Waals surface area contributed by atoms with E-state index in [0.717, 1.165) is 5.69 Å². The summed E-state index contributed by atoms with van der Waals surface area (Å²) in [6, 6.07) is 12.0. The molecule has 25 heavy (non-hydrogen) atoms. The van der Waals surface area contributed by atoms with E-state index in [9.17, 15) is 9.59 Å². The zero-order chi connectivity index (χ0) is 17.8. The number of halogens is 1. The highest BCUT2D eigenvalue weighted by molar-refractivity contribution is 6.30. The summed E-state index contributed by atoms with van der Waals surface area (Å²) in [6.07, 6.45) is 0. The van der Waals surface area contributed by atoms with Crippen LogP contribution >= 0.6 is 11.6 Å². The molecule has 1 N–H and O–H groups in total. The molecule has 0 saturated carbocycles. The van der Waals surface area contributed by atoms with Crippen molar-refractivity contribution in [3.63, 3.8) is 0 Å². The van der Waals surface area contributed by atoms with Crippen LogP contribution in [0.15, 0.2) is 42.5 Å². The smallest absolute Gasteiger partial charge is 0.251 e. The first-order chi connectivity index (χ1) is 12.0. The third-order valence-electron chi connectivity index (χ3n) is 3.77. The maximum absolute atomic E-state index is 12.2. The molecular weight excluding hydrogens is 344 g/mol. The number of carbonyl (C=O) groups is 2. The molecule has 0 saturated heterocycles. The standard InChI is InChI=1S/C18H17ClN2O4/c1-12(22)21(15-5-3-14(19)4-6-15)9-8-20-18(23)13-2-7-16-17(10-13)25-11-24-16/h2-7,10H,8-9,11H2,1H3,(H,20,23). The van der Waals surface area contributed by atoms with Gasteiger partial charge < -0.3 is 19.7 Å². The van der Waals surface area contributed by atoms with E-state index in [1.807, 2.05) is 0 Å². The van der Waals surface area contributed by atoms with Gasteiger partial charge >= 0.3 is 0 Å². The number of anilines is 1. The van der Waals surface area contributed by atoms with Crippen LogP contribution in [0.2, 0.25) is 5.02 Å². The summed E-state index contributed by atoms with van der Waals surface area (Å²) in [6.45, 7) is 2.31. The monoisotopic (exact) mass is 360 g/mol. The van der Waals surface area contributed by atoms with Gasteiger partial charge in [0.25, 0.3) is 5.91 Å². The lowest BCUT2D eigenvalue weighted by Gasteiger charge is -2.21. The predicted molar refractivity (Wildman–Crippen MR) is 94.4 cm³/mol. The summed E-state index contributed by atoms with van der Waals surface area (Å²) >= 11 is 5.87. The number of rotatable bonds is 5. The van der Waals surface area contributed by atoms with E-state index in [1.54, 1.807) is 47.4 Å². The lowest BCUT2D eigenvalue weighted by Crippen LogP contribution is -2.37. The van der Waals surface area contributed by atoms with Crippen molar-refractivity contribution >= 4 is 29.1 Å². The molecule has 0 spiro atoms. The number of fused-ring (bicyclic) bond motifs is 1. The fraction of sp³-hybridized carbons (Fsp3) is 0.222. The van der Waals surface area contributed by atoms with Gasteiger partial charge in [0.15, 0.2) is 11.5 Å². The predicted octanol–water partition coefficient (Wildman–Crippen LogP) is 2.85. The van der Waals surface area contributed by atoms with Crippen LogP contribution in [0.1, 0.15) is 17.3 Å². The highest BCUT2D eigenvalue weighted by Crippen LogP contribution is 2.32. The van der Waals surface area contributed by atoms with Gasteiger partial charge in [0.1, 0.15) is 0 Å². The van der Waals surface area contributed by atoms with Gasteiger partial charge in [-0.25, -0.2) is 0 Å². The van der Waals surface area contributed by atoms with Crippen molar-refractivity contribution in [1.82, 2.24) is 5.32 Å². The number of ether oxygens (including phenoxy) is 2. The van der Waals surface area contributed by atoms with E-state index in [2.05, 4.69) is 5.32 Å². The van der Waals surface area contributed by atoms with Gasteiger partial charge in [-0.1, -0.05) is 11.6 Å². The third-order valence-corrected chi connectivity index (χ3v) is 4.03. The molecular formula is C18H17ClN2O4. The molecule has 0 aliphatic carbocycles. The van der Waals surface area contributed by atoms with Gasteiger partial charge in [-0.05, 0) is 42.5 Å². The van der Waals surface area contributed by atoms with Crippen LogP contribution in [0.25, 0.3) is 0 Å². The molecule has 2 aromatic carbocycles. The quantitative estimate of drug-likeness (QED) is 0.890. The maximum Gasteiger partial charge on any atom is 0.251 e. The molecule has 7 heteroatoms. The summed E-state index contributed by atoms with van der Waals surface area (Å²) in [5.74, 6) is 0.832. The van der Waals surface area contributed by atoms with Crippen molar-refractivity contribution in [2.75, 3.05) is 24.8 Å². The second kappa shape index (κ2) is 7.44. The molecule has 2 amide bonds. The summed E-state index contributed by atoms with van der Waals surface area (Å²) < 4.78 is 10.5. The largest absolute Gasteiger partial charge is 0.454 e. The first kappa shape index (κ1) is 17.1. The lowest BCUT2D eigenvalue weighted by atomic mass is 10.2. The normalized spacial score (nSPS) is 11.9. The van der Waals surface area contributed by atoms with Crippen molar-refractivity contribution in [3.05, 3.63) is 53.1 Å². The minimum atomic E-state index is -0.238. The molecule has 2 aromatic rings. The van der Waals surface area contributed by atoms with Gasteiger partial charge in [-0.3, -0.25) is 9.59 Å². The minimum absolute atomic E-state index is 0.111. The van der Waals surface area contributed by atoms with Gasteiger partial charge in [0.05, 0.1) is 0 Å². The van der Waals surface area contributed by atoms with Crippen molar-refractivity contribution in [1.29, 1.82) is 0 Å². The molecule has 0 atom stereocenters. The second-order valence-corrected chi connectivity index (χ2v) is 5.91. The van der Waals surface area contributed by atoms with Crippen molar-refractivity contribution in [2.24, 2.45) is 0 Å². The molecule has 3 rings (SSSR count). The van der Waals surface area contributed by atoms with Gasteiger partial charge in [-0.15, -0.1) is 0 Å². The van der Waals surface area contributed by atoms with Crippen LogP contribution in [-0.4, -0.2) is 31.7 Å². The van der Waals surface area contributed by atoms with Gasteiger partial charge in [-0.2, -0.15) is 0 Å². The number of hydrogen-bond acceptors (Lipinski definition) is 4. The summed E-state index contributed by atoms with van der Waals surface area (Å²) in [5, 5.41) is 3.40. The highest BCUT2D eigenvalue weighted by atomic mass is 35.5. The summed E-state index contributed by atoms with van der Waals surface area (Å²) in [4.78, 5) is 25.7. The number of benzene rings is 2. The Morgan fingerprint density at radius 1 is 1.12 bits per heavy atom. The summed E-state index contributed by atoms with van der Waals surface area (Å²) in [5.41, 5.74) is 1.21. The highest BCUT2D eigenvalue weighted by Gasteiger charge is 2.17.